The number of carboxylic acid groups (broad SMARTS) is 1. The fourth-order valence-electron chi connectivity index (χ4n) is 0.959. The first kappa shape index (κ1) is 14.4. The largest absolute Gasteiger partial charge is 0.480 e. The first-order chi connectivity index (χ1) is 7.47. The van der Waals surface area contributed by atoms with Gasteiger partial charge in [0.05, 0.1) is 6.54 Å². The molecule has 0 saturated carbocycles. The Hall–Kier alpha value is -1.63. The summed E-state index contributed by atoms with van der Waals surface area (Å²) in [6.07, 6.45) is 0.544. The lowest BCUT2D eigenvalue weighted by atomic mass is 10.1. The van der Waals surface area contributed by atoms with Gasteiger partial charge in [-0.25, -0.2) is 0 Å². The Bertz CT molecular complexity index is 267. The maximum absolute atomic E-state index is 11.3. The molecule has 16 heavy (non-hydrogen) atoms. The van der Waals surface area contributed by atoms with Crippen LogP contribution in [-0.4, -0.2) is 42.5 Å². The fraction of sp³-hybridized carbons (Fsp3) is 0.667. The van der Waals surface area contributed by atoms with E-state index >= 15 is 0 Å². The number of carbonyl (C=O) groups is 3. The van der Waals surface area contributed by atoms with Crippen molar-refractivity contribution in [3.63, 3.8) is 0 Å². The second kappa shape index (κ2) is 7.63. The summed E-state index contributed by atoms with van der Waals surface area (Å²) < 4.78 is 0. The summed E-state index contributed by atoms with van der Waals surface area (Å²) in [4.78, 5) is 32.5. The van der Waals surface area contributed by atoms with Crippen molar-refractivity contribution in [3.05, 3.63) is 0 Å². The van der Waals surface area contributed by atoms with Crippen LogP contribution in [0.25, 0.3) is 0 Å². The Morgan fingerprint density at radius 1 is 1.25 bits per heavy atom. The number of nitrogens with two attached hydrogens (primary N) is 1. The van der Waals surface area contributed by atoms with Crippen molar-refractivity contribution in [3.8, 4) is 0 Å². The highest BCUT2D eigenvalue weighted by atomic mass is 16.4. The van der Waals surface area contributed by atoms with Gasteiger partial charge in [-0.05, 0) is 13.0 Å². The second-order valence-electron chi connectivity index (χ2n) is 3.37. The van der Waals surface area contributed by atoms with Crippen LogP contribution in [0.3, 0.4) is 0 Å². The summed E-state index contributed by atoms with van der Waals surface area (Å²) >= 11 is 0. The molecular weight excluding hydrogens is 214 g/mol. The third-order valence-electron chi connectivity index (χ3n) is 1.91. The van der Waals surface area contributed by atoms with Gasteiger partial charge in [0.1, 0.15) is 6.54 Å². The zero-order valence-corrected chi connectivity index (χ0v) is 9.16. The molecule has 0 aromatic rings. The highest BCUT2D eigenvalue weighted by Crippen LogP contribution is 1.98. The fourth-order valence-corrected chi connectivity index (χ4v) is 0.959. The Balaban J connectivity index is 3.74. The van der Waals surface area contributed by atoms with Crippen molar-refractivity contribution in [2.75, 3.05) is 19.6 Å². The highest BCUT2D eigenvalue weighted by molar-refractivity contribution is 5.87. The van der Waals surface area contributed by atoms with Crippen molar-refractivity contribution in [1.82, 2.24) is 10.6 Å². The van der Waals surface area contributed by atoms with Crippen LogP contribution in [0, 0.1) is 5.92 Å². The average Bonchev–Trinajstić information content (AvgIpc) is 2.23. The zero-order valence-electron chi connectivity index (χ0n) is 9.16. The van der Waals surface area contributed by atoms with E-state index in [1.165, 1.54) is 0 Å². The number of amides is 2. The van der Waals surface area contributed by atoms with Crippen LogP contribution in [0.1, 0.15) is 13.3 Å². The van der Waals surface area contributed by atoms with E-state index in [0.29, 0.717) is 13.0 Å². The molecule has 0 aliphatic heterocycles. The van der Waals surface area contributed by atoms with Gasteiger partial charge < -0.3 is 21.5 Å². The van der Waals surface area contributed by atoms with Crippen molar-refractivity contribution in [1.29, 1.82) is 0 Å². The maximum Gasteiger partial charge on any atom is 0.322 e. The van der Waals surface area contributed by atoms with Crippen LogP contribution in [-0.2, 0) is 14.4 Å². The predicted molar refractivity (Wildman–Crippen MR) is 56.5 cm³/mol. The number of nitrogens with one attached hydrogen (secondary N) is 2. The number of aliphatic carboxylic acids is 1. The molecule has 0 bridgehead atoms. The highest BCUT2D eigenvalue weighted by Gasteiger charge is 2.12. The van der Waals surface area contributed by atoms with E-state index in [1.807, 2.05) is 0 Å². The normalized spacial score (nSPS) is 11.6. The number of rotatable bonds is 7. The zero-order chi connectivity index (χ0) is 12.6. The Morgan fingerprint density at radius 2 is 1.88 bits per heavy atom. The molecule has 0 radical (unpaired) electrons. The SMILES string of the molecule is CC(CCN)C(=O)NCC(=O)NCC(=O)O. The number of carbonyl (C=O) groups excluding carboxylic acids is 2. The van der Waals surface area contributed by atoms with Crippen LogP contribution < -0.4 is 16.4 Å². The van der Waals surface area contributed by atoms with Gasteiger partial charge in [-0.3, -0.25) is 14.4 Å². The Morgan fingerprint density at radius 3 is 2.38 bits per heavy atom. The third kappa shape index (κ3) is 6.77. The Labute approximate surface area is 93.4 Å². The summed E-state index contributed by atoms with van der Waals surface area (Å²) in [7, 11) is 0. The van der Waals surface area contributed by atoms with Gasteiger partial charge >= 0.3 is 5.97 Å². The van der Waals surface area contributed by atoms with Crippen molar-refractivity contribution in [2.24, 2.45) is 11.7 Å². The molecule has 0 rings (SSSR count). The molecule has 1 atom stereocenters. The van der Waals surface area contributed by atoms with Crippen LogP contribution in [0.15, 0.2) is 0 Å². The summed E-state index contributed by atoms with van der Waals surface area (Å²) in [5.41, 5.74) is 5.28. The minimum absolute atomic E-state index is 0.221. The van der Waals surface area contributed by atoms with E-state index in [0.717, 1.165) is 0 Å². The molecular formula is C9H17N3O4. The molecule has 1 unspecified atom stereocenters. The molecule has 0 fully saturated rings. The molecule has 2 amide bonds. The van der Waals surface area contributed by atoms with Gasteiger partial charge in [-0.1, -0.05) is 6.92 Å². The lowest BCUT2D eigenvalue weighted by molar-refractivity contribution is -0.137. The molecule has 5 N–H and O–H groups in total. The second-order valence-corrected chi connectivity index (χ2v) is 3.37. The van der Waals surface area contributed by atoms with Crippen LogP contribution >= 0.6 is 0 Å². The lowest BCUT2D eigenvalue weighted by Gasteiger charge is -2.10. The van der Waals surface area contributed by atoms with Crippen LogP contribution in [0.5, 0.6) is 0 Å². The minimum atomic E-state index is -1.13. The third-order valence-corrected chi connectivity index (χ3v) is 1.91. The molecule has 0 aromatic carbocycles. The van der Waals surface area contributed by atoms with E-state index < -0.39 is 18.4 Å². The van der Waals surface area contributed by atoms with E-state index in [1.54, 1.807) is 6.92 Å². The van der Waals surface area contributed by atoms with Gasteiger partial charge in [-0.15, -0.1) is 0 Å². The molecule has 0 aromatic heterocycles. The maximum atomic E-state index is 11.3. The van der Waals surface area contributed by atoms with Gasteiger partial charge in [-0.2, -0.15) is 0 Å². The standard InChI is InChI=1S/C9H17N3O4/c1-6(2-3-10)9(16)12-4-7(13)11-5-8(14)15/h6H,2-5,10H2,1H3,(H,11,13)(H,12,16)(H,14,15). The summed E-state index contributed by atoms with van der Waals surface area (Å²) in [6, 6.07) is 0. The molecule has 92 valence electrons. The number of carboxylic acids is 1. The van der Waals surface area contributed by atoms with Gasteiger partial charge in [0.25, 0.3) is 0 Å². The van der Waals surface area contributed by atoms with Crippen molar-refractivity contribution < 1.29 is 19.5 Å². The van der Waals surface area contributed by atoms with E-state index in [2.05, 4.69) is 10.6 Å². The summed E-state index contributed by atoms with van der Waals surface area (Å²) in [5.74, 6) is -2.18. The first-order valence-corrected chi connectivity index (χ1v) is 4.93. The van der Waals surface area contributed by atoms with Crippen LogP contribution in [0.2, 0.25) is 0 Å². The molecule has 0 aliphatic rings. The van der Waals surface area contributed by atoms with Gasteiger partial charge in [0, 0.05) is 5.92 Å². The van der Waals surface area contributed by atoms with Gasteiger partial charge in [0.2, 0.25) is 11.8 Å². The minimum Gasteiger partial charge on any atom is -0.480 e. The van der Waals surface area contributed by atoms with Crippen molar-refractivity contribution in [2.45, 2.75) is 13.3 Å². The van der Waals surface area contributed by atoms with Crippen LogP contribution in [0.4, 0.5) is 0 Å². The molecule has 0 heterocycles. The van der Waals surface area contributed by atoms with E-state index in [4.69, 9.17) is 10.8 Å². The summed E-state index contributed by atoms with van der Waals surface area (Å²) in [6.45, 7) is 1.44. The monoisotopic (exact) mass is 231 g/mol. The Kier molecular flexibility index (Phi) is 6.86. The quantitative estimate of drug-likeness (QED) is 0.415. The average molecular weight is 231 g/mol. The number of hydrogen-bond donors (Lipinski definition) is 4. The van der Waals surface area contributed by atoms with E-state index in [9.17, 15) is 14.4 Å². The first-order valence-electron chi connectivity index (χ1n) is 4.93. The van der Waals surface area contributed by atoms with Gasteiger partial charge in [0.15, 0.2) is 0 Å². The topological polar surface area (TPSA) is 122 Å². The summed E-state index contributed by atoms with van der Waals surface area (Å²) in [5, 5.41) is 12.8. The predicted octanol–water partition coefficient (Wildman–Crippen LogP) is -1.71. The lowest BCUT2D eigenvalue weighted by Crippen LogP contribution is -2.40. The molecule has 0 saturated heterocycles. The molecule has 7 heteroatoms. The van der Waals surface area contributed by atoms with E-state index in [-0.39, 0.29) is 18.4 Å². The molecule has 0 spiro atoms. The number of hydrogen-bond acceptors (Lipinski definition) is 4. The smallest absolute Gasteiger partial charge is 0.322 e. The molecule has 0 aliphatic carbocycles. The molecule has 7 nitrogen and oxygen atoms in total. The van der Waals surface area contributed by atoms with Crippen molar-refractivity contribution >= 4 is 17.8 Å².